The molecule has 0 aliphatic heterocycles. The number of benzene rings is 1. The van der Waals surface area contributed by atoms with Crippen LogP contribution in [0.4, 0.5) is 0 Å². The van der Waals surface area contributed by atoms with Crippen molar-refractivity contribution in [3.63, 3.8) is 0 Å². The summed E-state index contributed by atoms with van der Waals surface area (Å²) in [5, 5.41) is 2.81. The molecule has 0 spiro atoms. The van der Waals surface area contributed by atoms with Gasteiger partial charge in [0.25, 0.3) is 0 Å². The third-order valence-corrected chi connectivity index (χ3v) is 3.32. The highest BCUT2D eigenvalue weighted by molar-refractivity contribution is 7.99. The molecule has 5 nitrogen and oxygen atoms in total. The minimum Gasteiger partial charge on any atom is -0.497 e. The Morgan fingerprint density at radius 1 is 1.42 bits per heavy atom. The Balaban J connectivity index is 2.24. The van der Waals surface area contributed by atoms with Crippen LogP contribution in [0.1, 0.15) is 12.0 Å². The first-order valence-electron chi connectivity index (χ1n) is 5.87. The smallest absolute Gasteiger partial charge is 0.227 e. The minimum atomic E-state index is -0.359. The average Bonchev–Trinajstić information content (AvgIpc) is 2.41. The van der Waals surface area contributed by atoms with Crippen molar-refractivity contribution in [1.82, 2.24) is 5.32 Å². The summed E-state index contributed by atoms with van der Waals surface area (Å²) in [5.41, 5.74) is 5.98. The average molecular weight is 282 g/mol. The molecule has 1 rings (SSSR count). The van der Waals surface area contributed by atoms with Gasteiger partial charge in [-0.3, -0.25) is 9.59 Å². The summed E-state index contributed by atoms with van der Waals surface area (Å²) in [6.07, 6.45) is 0.377. The number of thioether (sulfide) groups is 1. The Hall–Kier alpha value is -1.69. The monoisotopic (exact) mass is 282 g/mol. The second-order valence-electron chi connectivity index (χ2n) is 3.90. The number of rotatable bonds is 8. The Bertz CT molecular complexity index is 438. The van der Waals surface area contributed by atoms with Gasteiger partial charge in [0.1, 0.15) is 5.75 Å². The van der Waals surface area contributed by atoms with Crippen LogP contribution in [0, 0.1) is 0 Å². The van der Waals surface area contributed by atoms with Crippen molar-refractivity contribution in [3.05, 3.63) is 29.8 Å². The molecule has 0 heterocycles. The Kier molecular flexibility index (Phi) is 6.81. The van der Waals surface area contributed by atoms with Crippen LogP contribution < -0.4 is 15.8 Å². The van der Waals surface area contributed by atoms with E-state index < -0.39 is 0 Å². The molecule has 0 radical (unpaired) electrons. The molecular weight excluding hydrogens is 264 g/mol. The first-order valence-corrected chi connectivity index (χ1v) is 7.03. The van der Waals surface area contributed by atoms with Gasteiger partial charge in [0.05, 0.1) is 12.9 Å². The maximum Gasteiger partial charge on any atom is 0.227 e. The number of hydrogen-bond acceptors (Lipinski definition) is 4. The lowest BCUT2D eigenvalue weighted by Gasteiger charge is -2.06. The van der Waals surface area contributed by atoms with E-state index in [9.17, 15) is 9.59 Å². The molecule has 0 aromatic heterocycles. The van der Waals surface area contributed by atoms with E-state index in [1.54, 1.807) is 7.11 Å². The van der Waals surface area contributed by atoms with Crippen LogP contribution in [-0.4, -0.2) is 30.4 Å². The summed E-state index contributed by atoms with van der Waals surface area (Å²) in [6, 6.07) is 7.53. The van der Waals surface area contributed by atoms with Crippen LogP contribution >= 0.6 is 11.8 Å². The normalized spacial score (nSPS) is 9.95. The number of carbonyl (C=O) groups excluding carboxylic acids is 2. The zero-order valence-corrected chi connectivity index (χ0v) is 11.7. The summed E-state index contributed by atoms with van der Waals surface area (Å²) in [6.45, 7) is 0.469. The molecule has 0 bridgehead atoms. The van der Waals surface area contributed by atoms with Crippen molar-refractivity contribution < 1.29 is 14.3 Å². The van der Waals surface area contributed by atoms with Gasteiger partial charge in [-0.2, -0.15) is 11.8 Å². The maximum absolute atomic E-state index is 11.5. The molecule has 1 aromatic rings. The van der Waals surface area contributed by atoms with Gasteiger partial charge >= 0.3 is 0 Å². The molecule has 6 heteroatoms. The van der Waals surface area contributed by atoms with E-state index in [0.29, 0.717) is 18.7 Å². The lowest BCUT2D eigenvalue weighted by atomic mass is 10.2. The number of hydrogen-bond donors (Lipinski definition) is 2. The molecule has 19 heavy (non-hydrogen) atoms. The van der Waals surface area contributed by atoms with E-state index >= 15 is 0 Å². The number of methoxy groups -OCH3 is 1. The third kappa shape index (κ3) is 6.71. The number of primary amides is 1. The number of nitrogens with two attached hydrogens (primary N) is 1. The fraction of sp³-hybridized carbons (Fsp3) is 0.385. The van der Waals surface area contributed by atoms with Gasteiger partial charge in [0, 0.05) is 18.7 Å². The predicted octanol–water partition coefficient (Wildman–Crippen LogP) is 0.920. The third-order valence-electron chi connectivity index (χ3n) is 2.34. The minimum absolute atomic E-state index is 0.0419. The Morgan fingerprint density at radius 3 is 2.89 bits per heavy atom. The van der Waals surface area contributed by atoms with Crippen molar-refractivity contribution in [2.24, 2.45) is 5.73 Å². The first-order chi connectivity index (χ1) is 9.11. The van der Waals surface area contributed by atoms with E-state index in [0.717, 1.165) is 11.3 Å². The van der Waals surface area contributed by atoms with Crippen molar-refractivity contribution in [2.75, 3.05) is 18.6 Å². The highest BCUT2D eigenvalue weighted by Gasteiger charge is 2.03. The SMILES string of the molecule is COc1cccc(CNC(=O)CCSCC(N)=O)c1. The highest BCUT2D eigenvalue weighted by atomic mass is 32.2. The Morgan fingerprint density at radius 2 is 2.21 bits per heavy atom. The molecule has 3 N–H and O–H groups in total. The van der Waals surface area contributed by atoms with Gasteiger partial charge in [-0.1, -0.05) is 12.1 Å². The number of amides is 2. The number of carbonyl (C=O) groups is 2. The molecule has 0 aliphatic rings. The zero-order valence-electron chi connectivity index (χ0n) is 10.8. The lowest BCUT2D eigenvalue weighted by Crippen LogP contribution is -2.23. The molecule has 2 amide bonds. The van der Waals surface area contributed by atoms with Gasteiger partial charge in [0.2, 0.25) is 11.8 Å². The summed E-state index contributed by atoms with van der Waals surface area (Å²) in [5.74, 6) is 1.21. The summed E-state index contributed by atoms with van der Waals surface area (Å²) in [4.78, 5) is 22.0. The molecule has 0 fully saturated rings. The van der Waals surface area contributed by atoms with Crippen molar-refractivity contribution in [2.45, 2.75) is 13.0 Å². The van der Waals surface area contributed by atoms with Crippen molar-refractivity contribution >= 4 is 23.6 Å². The molecule has 104 valence electrons. The van der Waals surface area contributed by atoms with E-state index in [4.69, 9.17) is 10.5 Å². The fourth-order valence-corrected chi connectivity index (χ4v) is 2.08. The van der Waals surface area contributed by atoms with Crippen LogP contribution in [0.25, 0.3) is 0 Å². The maximum atomic E-state index is 11.5. The molecule has 0 saturated carbocycles. The largest absolute Gasteiger partial charge is 0.497 e. The first kappa shape index (κ1) is 15.4. The lowest BCUT2D eigenvalue weighted by molar-refractivity contribution is -0.121. The molecule has 0 aliphatic carbocycles. The van der Waals surface area contributed by atoms with Crippen LogP contribution in [0.5, 0.6) is 5.75 Å². The number of ether oxygens (including phenoxy) is 1. The number of nitrogens with one attached hydrogen (secondary N) is 1. The summed E-state index contributed by atoms with van der Waals surface area (Å²) in [7, 11) is 1.60. The van der Waals surface area contributed by atoms with Crippen molar-refractivity contribution in [3.8, 4) is 5.75 Å². The van der Waals surface area contributed by atoms with Gasteiger partial charge in [0.15, 0.2) is 0 Å². The van der Waals surface area contributed by atoms with Crippen molar-refractivity contribution in [1.29, 1.82) is 0 Å². The van der Waals surface area contributed by atoms with Gasteiger partial charge < -0.3 is 15.8 Å². The second-order valence-corrected chi connectivity index (χ2v) is 5.00. The zero-order chi connectivity index (χ0) is 14.1. The van der Waals surface area contributed by atoms with Crippen LogP contribution in [0.3, 0.4) is 0 Å². The van der Waals surface area contributed by atoms with Crippen LogP contribution in [0.2, 0.25) is 0 Å². The summed E-state index contributed by atoms with van der Waals surface area (Å²) < 4.78 is 5.10. The standard InChI is InChI=1S/C13H18N2O3S/c1-18-11-4-2-3-10(7-11)8-15-13(17)5-6-19-9-12(14)16/h2-4,7H,5-6,8-9H2,1H3,(H2,14,16)(H,15,17). The molecule has 0 atom stereocenters. The van der Waals surface area contributed by atoms with E-state index in [1.807, 2.05) is 24.3 Å². The molecule has 1 aromatic carbocycles. The quantitative estimate of drug-likeness (QED) is 0.695. The Labute approximate surface area is 116 Å². The molecule has 0 saturated heterocycles. The van der Waals surface area contributed by atoms with E-state index in [1.165, 1.54) is 11.8 Å². The van der Waals surface area contributed by atoms with E-state index in [2.05, 4.69) is 5.32 Å². The van der Waals surface area contributed by atoms with E-state index in [-0.39, 0.29) is 17.6 Å². The van der Waals surface area contributed by atoms with Gasteiger partial charge in [-0.05, 0) is 17.7 Å². The second kappa shape index (κ2) is 8.42. The molecular formula is C13H18N2O3S. The fourth-order valence-electron chi connectivity index (χ4n) is 1.41. The summed E-state index contributed by atoms with van der Waals surface area (Å²) >= 11 is 1.36. The van der Waals surface area contributed by atoms with Gasteiger partial charge in [-0.25, -0.2) is 0 Å². The van der Waals surface area contributed by atoms with Crippen LogP contribution in [0.15, 0.2) is 24.3 Å². The van der Waals surface area contributed by atoms with Crippen LogP contribution in [-0.2, 0) is 16.1 Å². The topological polar surface area (TPSA) is 81.4 Å². The van der Waals surface area contributed by atoms with Gasteiger partial charge in [-0.15, -0.1) is 0 Å². The highest BCUT2D eigenvalue weighted by Crippen LogP contribution is 2.12. The predicted molar refractivity (Wildman–Crippen MR) is 76.0 cm³/mol. The molecule has 0 unspecified atom stereocenters.